The van der Waals surface area contributed by atoms with Crippen LogP contribution in [-0.4, -0.2) is 354 Å². The summed E-state index contributed by atoms with van der Waals surface area (Å²) in [5.41, 5.74) is -0.945. The van der Waals surface area contributed by atoms with E-state index in [2.05, 4.69) is 37.2 Å². The minimum atomic E-state index is -1.93. The standard InChI is InChI=1S/C59H90N8O34/c68-19-31-40(77)44(81)48(85)56(98-31)94-15-12-61-36(73)7-5-29(54(91)63-24-96-58-50(87)46(83)42(79)33(21-70)100-58)65-52(89)26-16-27(18-28(17-26)93-14-11-60-35(72)4-2-1-3-13-67-38(75)9-10-39(67)76)53(90)66-30(55(92)64-25-97-59-51(88)47(84)43(80)34(22-71)101-59)6-8-37(74)62-23-95-57-49(86)45(82)41(78)32(20-69)99-57/h9-10,16-18,29-34,40-51,56-59,68-71,77-88H,1-8,11-15,19-25H2,(H,60,72)(H,61,73)(H,62,74)(H,63,91)(H,64,92)(H,65,89)(H,66,90)/t29?,30?,31?,32?,33?,34?,40-,41-,42-,43-,44+,45+,46+,47+,48?,49?,50?,51?,56-,57-,58-,59-/m1/s1. The topological polar surface area (TPSA) is 648 Å². The number of carbonyl (C=O) groups excluding carboxylic acids is 9. The Morgan fingerprint density at radius 1 is 0.416 bits per heavy atom. The maximum atomic E-state index is 14.5. The highest BCUT2D eigenvalue weighted by Gasteiger charge is 2.48. The molecule has 0 radical (unpaired) electrons. The lowest BCUT2D eigenvalue weighted by molar-refractivity contribution is -0.302. The van der Waals surface area contributed by atoms with Gasteiger partial charge in [-0.15, -0.1) is 0 Å². The van der Waals surface area contributed by atoms with Crippen LogP contribution in [0.1, 0.15) is 72.1 Å². The van der Waals surface area contributed by atoms with Gasteiger partial charge in [0.2, 0.25) is 29.5 Å². The molecule has 23 N–H and O–H groups in total. The summed E-state index contributed by atoms with van der Waals surface area (Å²) >= 11 is 0. The number of nitrogens with zero attached hydrogens (tertiary/aromatic N) is 1. The molecule has 4 fully saturated rings. The third kappa shape index (κ3) is 23.9. The van der Waals surface area contributed by atoms with E-state index in [1.54, 1.807) is 0 Å². The second kappa shape index (κ2) is 40.9. The smallest absolute Gasteiger partial charge is 0.253 e. The summed E-state index contributed by atoms with van der Waals surface area (Å²) in [5, 5.41) is 178. The quantitative estimate of drug-likeness (QED) is 0.0165. The van der Waals surface area contributed by atoms with Gasteiger partial charge in [0.1, 0.15) is 142 Å². The highest BCUT2D eigenvalue weighted by molar-refractivity contribution is 6.12. The summed E-state index contributed by atoms with van der Waals surface area (Å²) in [6, 6.07) is -0.392. The second-order valence-corrected chi connectivity index (χ2v) is 23.7. The highest BCUT2D eigenvalue weighted by Crippen LogP contribution is 2.27. The van der Waals surface area contributed by atoms with Crippen molar-refractivity contribution in [1.29, 1.82) is 0 Å². The molecule has 9 amide bonds. The van der Waals surface area contributed by atoms with Crippen LogP contribution in [0.3, 0.4) is 0 Å². The first-order valence-electron chi connectivity index (χ1n) is 32.1. The zero-order valence-electron chi connectivity index (χ0n) is 54.2. The highest BCUT2D eigenvalue weighted by atomic mass is 16.7. The van der Waals surface area contributed by atoms with E-state index < -0.39 is 272 Å². The van der Waals surface area contributed by atoms with Gasteiger partial charge in [0.05, 0.1) is 39.6 Å². The zero-order valence-corrected chi connectivity index (χ0v) is 54.2. The van der Waals surface area contributed by atoms with Crippen molar-refractivity contribution < 1.29 is 167 Å². The predicted octanol–water partition coefficient (Wildman–Crippen LogP) is -13.0. The summed E-state index contributed by atoms with van der Waals surface area (Å²) < 4.78 is 48.6. The van der Waals surface area contributed by atoms with E-state index in [0.717, 1.165) is 35.3 Å². The summed E-state index contributed by atoms with van der Waals surface area (Å²) in [7, 11) is 0. The number of aliphatic hydroxyl groups excluding tert-OH is 16. The Bertz CT molecular complexity index is 2900. The van der Waals surface area contributed by atoms with Gasteiger partial charge in [-0.25, -0.2) is 0 Å². The molecule has 42 nitrogen and oxygen atoms in total. The van der Waals surface area contributed by atoms with Gasteiger partial charge < -0.3 is 162 Å². The SMILES string of the molecule is O=C(CCCCCN1C(=O)C=CC1=O)NCCOc1cc(C(=O)NC(CCC(=O)NCCO[C@@H]2OC(CO)[C@@H](O)[C@H](O)C2O)C(=O)NCO[C@@H]2OC(CO)[C@@H](O)[C@H](O)C2O)cc(C(=O)NC(CCC(=O)NCO[C@@H]2OC(CO)[C@@H](O)[C@H](O)C2O)C(=O)NCO[C@@H]2OC(CO)[C@@H](O)[C@H](O)C2O)c1. The van der Waals surface area contributed by atoms with Crippen LogP contribution in [-0.2, 0) is 71.5 Å². The fourth-order valence-electron chi connectivity index (χ4n) is 10.6. The molecule has 4 saturated heterocycles. The molecular formula is C59H90N8O34. The number of imide groups is 1. The van der Waals surface area contributed by atoms with Crippen LogP contribution in [0.25, 0.3) is 0 Å². The van der Waals surface area contributed by atoms with E-state index in [9.17, 15) is 125 Å². The van der Waals surface area contributed by atoms with Crippen molar-refractivity contribution in [3.63, 3.8) is 0 Å². The normalized spacial score (nSPS) is 31.0. The van der Waals surface area contributed by atoms with Gasteiger partial charge in [-0.3, -0.25) is 48.1 Å². The van der Waals surface area contributed by atoms with Gasteiger partial charge >= 0.3 is 0 Å². The summed E-state index contributed by atoms with van der Waals surface area (Å²) in [6.45, 7) is -6.76. The lowest BCUT2D eigenvalue weighted by Gasteiger charge is -2.39. The maximum absolute atomic E-state index is 14.5. The molecule has 5 aliphatic rings. The lowest BCUT2D eigenvalue weighted by atomic mass is 9.99. The van der Waals surface area contributed by atoms with Crippen LogP contribution in [0, 0.1) is 0 Å². The molecule has 0 bridgehead atoms. The van der Waals surface area contributed by atoms with Gasteiger partial charge in [-0.1, -0.05) is 6.42 Å². The van der Waals surface area contributed by atoms with Crippen molar-refractivity contribution in [2.24, 2.45) is 0 Å². The minimum absolute atomic E-state index is 0.0164. The summed E-state index contributed by atoms with van der Waals surface area (Å²) in [4.78, 5) is 121. The molecule has 0 aliphatic carbocycles. The van der Waals surface area contributed by atoms with Crippen LogP contribution in [0.4, 0.5) is 0 Å². The number of unbranched alkanes of at least 4 members (excludes halogenated alkanes) is 2. The molecule has 6 rings (SSSR count). The molecule has 5 heterocycles. The Balaban J connectivity index is 1.21. The number of ether oxygens (including phenoxy) is 9. The van der Waals surface area contributed by atoms with Crippen molar-refractivity contribution >= 4 is 53.2 Å². The van der Waals surface area contributed by atoms with Crippen LogP contribution in [0.15, 0.2) is 30.4 Å². The lowest BCUT2D eigenvalue weighted by Crippen LogP contribution is -2.59. The number of hydrogen-bond donors (Lipinski definition) is 23. The van der Waals surface area contributed by atoms with Crippen molar-refractivity contribution in [3.8, 4) is 5.75 Å². The van der Waals surface area contributed by atoms with E-state index in [4.69, 9.17) is 42.6 Å². The van der Waals surface area contributed by atoms with Crippen molar-refractivity contribution in [3.05, 3.63) is 41.5 Å². The fraction of sp³-hybridized carbons (Fsp3) is 0.712. The molecular weight excluding hydrogens is 1360 g/mol. The number of benzene rings is 1. The largest absolute Gasteiger partial charge is 0.492 e. The van der Waals surface area contributed by atoms with Crippen molar-refractivity contribution in [2.75, 3.05) is 79.5 Å². The molecule has 42 heteroatoms. The Labute approximate surface area is 574 Å². The molecule has 10 unspecified atom stereocenters. The van der Waals surface area contributed by atoms with Crippen LogP contribution >= 0.6 is 0 Å². The number of rotatable bonds is 39. The number of aliphatic hydroxyl groups is 16. The molecule has 22 atom stereocenters. The van der Waals surface area contributed by atoms with Crippen molar-refractivity contribution in [2.45, 2.75) is 186 Å². The molecule has 0 spiro atoms. The van der Waals surface area contributed by atoms with Crippen molar-refractivity contribution in [1.82, 2.24) is 42.1 Å². The monoisotopic (exact) mass is 1450 g/mol. The van der Waals surface area contributed by atoms with Crippen LogP contribution in [0.5, 0.6) is 5.75 Å². The fourth-order valence-corrected chi connectivity index (χ4v) is 10.6. The number of hydrogen-bond acceptors (Lipinski definition) is 34. The van der Waals surface area contributed by atoms with Gasteiger partial charge in [0.25, 0.3) is 23.6 Å². The number of amides is 9. The maximum Gasteiger partial charge on any atom is 0.253 e. The van der Waals surface area contributed by atoms with Gasteiger partial charge in [-0.2, -0.15) is 0 Å². The first-order chi connectivity index (χ1) is 48.1. The van der Waals surface area contributed by atoms with Gasteiger partial charge in [-0.05, 0) is 43.9 Å². The van der Waals surface area contributed by atoms with Gasteiger partial charge in [0, 0.05) is 55.6 Å². The van der Waals surface area contributed by atoms with E-state index in [1.807, 2.05) is 0 Å². The molecule has 1 aromatic carbocycles. The Morgan fingerprint density at radius 3 is 1.17 bits per heavy atom. The molecule has 0 saturated carbocycles. The minimum Gasteiger partial charge on any atom is -0.492 e. The Kier molecular flexibility index (Phi) is 33.7. The first-order valence-corrected chi connectivity index (χ1v) is 32.1. The number of nitrogens with one attached hydrogen (secondary N) is 7. The van der Waals surface area contributed by atoms with Crippen LogP contribution < -0.4 is 42.0 Å². The molecule has 101 heavy (non-hydrogen) atoms. The van der Waals surface area contributed by atoms with Crippen LogP contribution in [0.2, 0.25) is 0 Å². The Hall–Kier alpha value is -6.77. The van der Waals surface area contributed by atoms with E-state index in [-0.39, 0.29) is 45.0 Å². The number of carbonyl (C=O) groups is 9. The predicted molar refractivity (Wildman–Crippen MR) is 327 cm³/mol. The second-order valence-electron chi connectivity index (χ2n) is 23.7. The average molecular weight is 1460 g/mol. The Morgan fingerprint density at radius 2 is 0.772 bits per heavy atom. The van der Waals surface area contributed by atoms with E-state index >= 15 is 0 Å². The third-order valence-electron chi connectivity index (χ3n) is 16.5. The summed E-state index contributed by atoms with van der Waals surface area (Å²) in [6.07, 6.45) is -32.9. The van der Waals surface area contributed by atoms with E-state index in [0.29, 0.717) is 19.3 Å². The molecule has 0 aromatic heterocycles. The van der Waals surface area contributed by atoms with Gasteiger partial charge in [0.15, 0.2) is 25.2 Å². The molecule has 570 valence electrons. The van der Waals surface area contributed by atoms with E-state index in [1.165, 1.54) is 0 Å². The molecule has 1 aromatic rings. The molecule has 5 aliphatic heterocycles. The first kappa shape index (κ1) is 83.2. The summed E-state index contributed by atoms with van der Waals surface area (Å²) in [5.74, 6) is -7.83. The average Bonchev–Trinajstić information content (AvgIpc) is 1.22. The third-order valence-corrected chi connectivity index (χ3v) is 16.5. The zero-order chi connectivity index (χ0) is 74.2.